The fraction of sp³-hybridized carbons (Fsp3) is 0.250. The van der Waals surface area contributed by atoms with Gasteiger partial charge in [-0.1, -0.05) is 18.2 Å². The average molecular weight is 276 g/mol. The van der Waals surface area contributed by atoms with Crippen LogP contribution in [0, 0.1) is 5.82 Å². The SMILES string of the molecule is CCOc1cccc(C(O)c2ccc(OC)c(F)c2)c1. The van der Waals surface area contributed by atoms with E-state index in [4.69, 9.17) is 9.47 Å². The topological polar surface area (TPSA) is 38.7 Å². The summed E-state index contributed by atoms with van der Waals surface area (Å²) in [5, 5.41) is 10.3. The normalized spacial score (nSPS) is 12.0. The van der Waals surface area contributed by atoms with Crippen LogP contribution in [0.2, 0.25) is 0 Å². The predicted octanol–water partition coefficient (Wildman–Crippen LogP) is 3.31. The Labute approximate surface area is 117 Å². The van der Waals surface area contributed by atoms with Crippen LogP contribution in [0.15, 0.2) is 42.5 Å². The first-order valence-corrected chi connectivity index (χ1v) is 6.40. The van der Waals surface area contributed by atoms with E-state index in [1.807, 2.05) is 13.0 Å². The number of hydrogen-bond donors (Lipinski definition) is 1. The molecule has 0 fully saturated rings. The summed E-state index contributed by atoms with van der Waals surface area (Å²) in [6.45, 7) is 2.44. The molecule has 0 heterocycles. The van der Waals surface area contributed by atoms with Gasteiger partial charge in [0.15, 0.2) is 11.6 Å². The summed E-state index contributed by atoms with van der Waals surface area (Å²) in [4.78, 5) is 0. The van der Waals surface area contributed by atoms with Gasteiger partial charge in [0.25, 0.3) is 0 Å². The highest BCUT2D eigenvalue weighted by molar-refractivity contribution is 5.38. The van der Waals surface area contributed by atoms with E-state index in [2.05, 4.69) is 0 Å². The summed E-state index contributed by atoms with van der Waals surface area (Å²) in [6.07, 6.45) is -0.907. The van der Waals surface area contributed by atoms with Crippen molar-refractivity contribution in [1.29, 1.82) is 0 Å². The van der Waals surface area contributed by atoms with Gasteiger partial charge in [-0.05, 0) is 42.3 Å². The third kappa shape index (κ3) is 3.08. The van der Waals surface area contributed by atoms with E-state index in [1.54, 1.807) is 24.3 Å². The minimum atomic E-state index is -0.907. The number of halogens is 1. The summed E-state index contributed by atoms with van der Waals surface area (Å²) < 4.78 is 23.9. The van der Waals surface area contributed by atoms with Crippen LogP contribution in [0.25, 0.3) is 0 Å². The Morgan fingerprint density at radius 1 is 1.15 bits per heavy atom. The van der Waals surface area contributed by atoms with Crippen LogP contribution in [-0.4, -0.2) is 18.8 Å². The second-order valence-corrected chi connectivity index (χ2v) is 4.30. The molecule has 1 unspecified atom stereocenters. The molecule has 2 rings (SSSR count). The molecule has 106 valence electrons. The Kier molecular flexibility index (Phi) is 4.58. The number of methoxy groups -OCH3 is 1. The van der Waals surface area contributed by atoms with Gasteiger partial charge < -0.3 is 14.6 Å². The Morgan fingerprint density at radius 3 is 2.55 bits per heavy atom. The maximum absolute atomic E-state index is 13.7. The molecule has 1 N–H and O–H groups in total. The summed E-state index contributed by atoms with van der Waals surface area (Å²) in [5.41, 5.74) is 1.12. The summed E-state index contributed by atoms with van der Waals surface area (Å²) in [5.74, 6) is 0.340. The first-order valence-electron chi connectivity index (χ1n) is 6.40. The predicted molar refractivity (Wildman–Crippen MR) is 74.6 cm³/mol. The Morgan fingerprint density at radius 2 is 1.90 bits per heavy atom. The third-order valence-corrected chi connectivity index (χ3v) is 2.98. The van der Waals surface area contributed by atoms with Crippen LogP contribution < -0.4 is 9.47 Å². The van der Waals surface area contributed by atoms with Gasteiger partial charge in [0.2, 0.25) is 0 Å². The van der Waals surface area contributed by atoms with Crippen molar-refractivity contribution >= 4 is 0 Å². The zero-order valence-corrected chi connectivity index (χ0v) is 11.5. The van der Waals surface area contributed by atoms with Crippen molar-refractivity contribution in [2.45, 2.75) is 13.0 Å². The highest BCUT2D eigenvalue weighted by Crippen LogP contribution is 2.28. The summed E-state index contributed by atoms with van der Waals surface area (Å²) >= 11 is 0. The van der Waals surface area contributed by atoms with Crippen molar-refractivity contribution in [3.63, 3.8) is 0 Å². The maximum atomic E-state index is 13.7. The highest BCUT2D eigenvalue weighted by atomic mass is 19.1. The lowest BCUT2D eigenvalue weighted by atomic mass is 10.0. The number of hydrogen-bond acceptors (Lipinski definition) is 3. The molecule has 2 aromatic rings. The molecule has 0 saturated heterocycles. The van der Waals surface area contributed by atoms with Gasteiger partial charge in [0.05, 0.1) is 13.7 Å². The third-order valence-electron chi connectivity index (χ3n) is 2.98. The molecule has 0 aliphatic heterocycles. The van der Waals surface area contributed by atoms with Crippen molar-refractivity contribution in [2.75, 3.05) is 13.7 Å². The zero-order chi connectivity index (χ0) is 14.5. The van der Waals surface area contributed by atoms with Gasteiger partial charge in [0.1, 0.15) is 11.9 Å². The minimum absolute atomic E-state index is 0.156. The molecule has 4 heteroatoms. The Balaban J connectivity index is 2.28. The van der Waals surface area contributed by atoms with E-state index in [9.17, 15) is 9.50 Å². The largest absolute Gasteiger partial charge is 0.494 e. The fourth-order valence-electron chi connectivity index (χ4n) is 1.99. The van der Waals surface area contributed by atoms with Gasteiger partial charge in [-0.2, -0.15) is 0 Å². The number of ether oxygens (including phenoxy) is 2. The minimum Gasteiger partial charge on any atom is -0.494 e. The van der Waals surface area contributed by atoms with E-state index >= 15 is 0 Å². The van der Waals surface area contributed by atoms with Gasteiger partial charge in [-0.3, -0.25) is 0 Å². The first-order chi connectivity index (χ1) is 9.65. The first kappa shape index (κ1) is 14.3. The van der Waals surface area contributed by atoms with Crippen LogP contribution in [-0.2, 0) is 0 Å². The monoisotopic (exact) mass is 276 g/mol. The van der Waals surface area contributed by atoms with E-state index in [0.717, 1.165) is 0 Å². The van der Waals surface area contributed by atoms with Crippen molar-refractivity contribution in [3.05, 3.63) is 59.4 Å². The van der Waals surface area contributed by atoms with E-state index in [1.165, 1.54) is 19.2 Å². The summed E-state index contributed by atoms with van der Waals surface area (Å²) in [6, 6.07) is 11.5. The maximum Gasteiger partial charge on any atom is 0.165 e. The smallest absolute Gasteiger partial charge is 0.165 e. The molecule has 3 nitrogen and oxygen atoms in total. The molecule has 0 amide bonds. The highest BCUT2D eigenvalue weighted by Gasteiger charge is 2.14. The molecule has 0 spiro atoms. The quantitative estimate of drug-likeness (QED) is 0.910. The van der Waals surface area contributed by atoms with Crippen LogP contribution in [0.4, 0.5) is 4.39 Å². The van der Waals surface area contributed by atoms with Crippen molar-refractivity contribution in [1.82, 2.24) is 0 Å². The number of aliphatic hydroxyl groups is 1. The average Bonchev–Trinajstić information content (AvgIpc) is 2.47. The van der Waals surface area contributed by atoms with Gasteiger partial charge in [0, 0.05) is 0 Å². The molecule has 0 aliphatic rings. The molecule has 0 radical (unpaired) electrons. The number of rotatable bonds is 5. The molecule has 0 bridgehead atoms. The van der Waals surface area contributed by atoms with Crippen LogP contribution in [0.3, 0.4) is 0 Å². The zero-order valence-electron chi connectivity index (χ0n) is 11.5. The molecule has 1 atom stereocenters. The molecule has 0 aliphatic carbocycles. The standard InChI is InChI=1S/C16H17FO3/c1-3-20-13-6-4-5-11(9-13)16(18)12-7-8-15(19-2)14(17)10-12/h4-10,16,18H,3H2,1-2H3. The lowest BCUT2D eigenvalue weighted by Gasteiger charge is -2.14. The van der Waals surface area contributed by atoms with Crippen LogP contribution >= 0.6 is 0 Å². The second-order valence-electron chi connectivity index (χ2n) is 4.30. The van der Waals surface area contributed by atoms with Gasteiger partial charge >= 0.3 is 0 Å². The van der Waals surface area contributed by atoms with E-state index in [0.29, 0.717) is 23.5 Å². The molecule has 0 aromatic heterocycles. The van der Waals surface area contributed by atoms with Crippen molar-refractivity contribution < 1.29 is 19.0 Å². The molecule has 2 aromatic carbocycles. The van der Waals surface area contributed by atoms with Crippen LogP contribution in [0.5, 0.6) is 11.5 Å². The molecular formula is C16H17FO3. The Bertz CT molecular complexity index is 584. The molecular weight excluding hydrogens is 259 g/mol. The molecule has 20 heavy (non-hydrogen) atoms. The van der Waals surface area contributed by atoms with Crippen LogP contribution in [0.1, 0.15) is 24.2 Å². The second kappa shape index (κ2) is 6.39. The number of benzene rings is 2. The summed E-state index contributed by atoms with van der Waals surface area (Å²) in [7, 11) is 1.40. The van der Waals surface area contributed by atoms with Crippen molar-refractivity contribution in [3.8, 4) is 11.5 Å². The fourth-order valence-corrected chi connectivity index (χ4v) is 1.99. The Hall–Kier alpha value is -2.07. The molecule has 0 saturated carbocycles. The van der Waals surface area contributed by atoms with Gasteiger partial charge in [-0.15, -0.1) is 0 Å². The van der Waals surface area contributed by atoms with Crippen molar-refractivity contribution in [2.24, 2.45) is 0 Å². The lowest BCUT2D eigenvalue weighted by molar-refractivity contribution is 0.218. The van der Waals surface area contributed by atoms with E-state index < -0.39 is 11.9 Å². The van der Waals surface area contributed by atoms with Gasteiger partial charge in [-0.25, -0.2) is 4.39 Å². The van der Waals surface area contributed by atoms with E-state index in [-0.39, 0.29) is 5.75 Å². The number of aliphatic hydroxyl groups excluding tert-OH is 1. The lowest BCUT2D eigenvalue weighted by Crippen LogP contribution is -2.02.